The predicted octanol–water partition coefficient (Wildman–Crippen LogP) is 2.38. The van der Waals surface area contributed by atoms with Crippen LogP contribution in [0.25, 0.3) is 0 Å². The molecule has 2 aromatic rings. The maximum Gasteiger partial charge on any atom is 0.337 e. The molecule has 0 aromatic carbocycles. The number of carbonyl (C=O) groups is 1. The summed E-state index contributed by atoms with van der Waals surface area (Å²) in [6, 6.07) is 1.40. The van der Waals surface area contributed by atoms with Crippen LogP contribution in [0.4, 0.5) is 0 Å². The van der Waals surface area contributed by atoms with E-state index in [1.54, 1.807) is 0 Å². The number of hydrogen-bond acceptors (Lipinski definition) is 6. The normalized spacial score (nSPS) is 10.3. The topological polar surface area (TPSA) is 85.2 Å². The maximum absolute atomic E-state index is 10.8. The van der Waals surface area contributed by atoms with Crippen LogP contribution in [0.2, 0.25) is 0 Å². The van der Waals surface area contributed by atoms with Crippen molar-refractivity contribution in [2.45, 2.75) is 19.8 Å². The highest BCUT2D eigenvalue weighted by Gasteiger charge is 2.08. The van der Waals surface area contributed by atoms with E-state index in [0.29, 0.717) is 10.9 Å². The molecule has 0 unspecified atom stereocenters. The van der Waals surface area contributed by atoms with E-state index in [0.717, 1.165) is 30.2 Å². The molecule has 0 bridgehead atoms. The SMILES string of the molecule is CCCc1nsc(Oc2cncc(C(=O)O)c2)n1. The third-order valence-electron chi connectivity index (χ3n) is 2.09. The average molecular weight is 265 g/mol. The van der Waals surface area contributed by atoms with Crippen LogP contribution in [0.1, 0.15) is 29.5 Å². The quantitative estimate of drug-likeness (QED) is 0.893. The molecular weight excluding hydrogens is 254 g/mol. The van der Waals surface area contributed by atoms with Crippen molar-refractivity contribution in [3.63, 3.8) is 0 Å². The summed E-state index contributed by atoms with van der Waals surface area (Å²) >= 11 is 1.14. The van der Waals surface area contributed by atoms with Crippen LogP contribution in [0.5, 0.6) is 10.9 Å². The highest BCUT2D eigenvalue weighted by molar-refractivity contribution is 7.07. The van der Waals surface area contributed by atoms with E-state index in [2.05, 4.69) is 14.3 Å². The van der Waals surface area contributed by atoms with Crippen molar-refractivity contribution in [3.8, 4) is 10.9 Å². The van der Waals surface area contributed by atoms with E-state index in [1.165, 1.54) is 18.5 Å². The molecule has 94 valence electrons. The molecule has 0 radical (unpaired) electrons. The van der Waals surface area contributed by atoms with Gasteiger partial charge >= 0.3 is 5.97 Å². The van der Waals surface area contributed by atoms with E-state index in [-0.39, 0.29) is 5.56 Å². The Labute approximate surface area is 107 Å². The van der Waals surface area contributed by atoms with Crippen LogP contribution in [0, 0.1) is 0 Å². The largest absolute Gasteiger partial charge is 0.478 e. The molecule has 2 rings (SSSR count). The maximum atomic E-state index is 10.8. The van der Waals surface area contributed by atoms with Crippen LogP contribution in [0.3, 0.4) is 0 Å². The van der Waals surface area contributed by atoms with Crippen LogP contribution in [-0.4, -0.2) is 25.4 Å². The number of nitrogens with zero attached hydrogens (tertiary/aromatic N) is 3. The number of aryl methyl sites for hydroxylation is 1. The number of rotatable bonds is 5. The second-order valence-corrected chi connectivity index (χ2v) is 4.26. The fraction of sp³-hybridized carbons (Fsp3) is 0.273. The predicted molar refractivity (Wildman–Crippen MR) is 65.2 cm³/mol. The minimum atomic E-state index is -1.04. The van der Waals surface area contributed by atoms with Gasteiger partial charge in [0.1, 0.15) is 11.6 Å². The van der Waals surface area contributed by atoms with Crippen molar-refractivity contribution in [3.05, 3.63) is 29.8 Å². The van der Waals surface area contributed by atoms with Gasteiger partial charge in [-0.2, -0.15) is 9.36 Å². The second-order valence-electron chi connectivity index (χ2n) is 3.54. The summed E-state index contributed by atoms with van der Waals surface area (Å²) < 4.78 is 9.54. The number of carboxylic acid groups (broad SMARTS) is 1. The van der Waals surface area contributed by atoms with Gasteiger partial charge < -0.3 is 9.84 Å². The van der Waals surface area contributed by atoms with E-state index in [4.69, 9.17) is 9.84 Å². The van der Waals surface area contributed by atoms with Crippen LogP contribution in [0.15, 0.2) is 18.5 Å². The van der Waals surface area contributed by atoms with Crippen molar-refractivity contribution < 1.29 is 14.6 Å². The molecule has 0 aliphatic carbocycles. The van der Waals surface area contributed by atoms with Gasteiger partial charge in [0.2, 0.25) is 0 Å². The van der Waals surface area contributed by atoms with Crippen molar-refractivity contribution >= 4 is 17.5 Å². The van der Waals surface area contributed by atoms with Gasteiger partial charge in [-0.25, -0.2) is 4.79 Å². The number of hydrogen-bond donors (Lipinski definition) is 1. The second kappa shape index (κ2) is 5.54. The lowest BCUT2D eigenvalue weighted by molar-refractivity contribution is 0.0696. The molecule has 0 saturated carbocycles. The van der Waals surface area contributed by atoms with Gasteiger partial charge in [-0.3, -0.25) is 4.98 Å². The molecule has 0 spiro atoms. The molecule has 2 aromatic heterocycles. The third-order valence-corrected chi connectivity index (χ3v) is 2.72. The summed E-state index contributed by atoms with van der Waals surface area (Å²) in [5.41, 5.74) is 0.0748. The summed E-state index contributed by atoms with van der Waals surface area (Å²) in [4.78, 5) is 18.7. The molecule has 0 atom stereocenters. The zero-order valence-corrected chi connectivity index (χ0v) is 10.5. The first-order valence-electron chi connectivity index (χ1n) is 5.38. The molecule has 1 N–H and O–H groups in total. The first-order chi connectivity index (χ1) is 8.69. The number of carboxylic acids is 1. The van der Waals surface area contributed by atoms with Crippen molar-refractivity contribution in [1.29, 1.82) is 0 Å². The molecule has 6 nitrogen and oxygen atoms in total. The minimum absolute atomic E-state index is 0.0748. The molecule has 0 saturated heterocycles. The van der Waals surface area contributed by atoms with Crippen LogP contribution in [-0.2, 0) is 6.42 Å². The van der Waals surface area contributed by atoms with E-state index >= 15 is 0 Å². The molecule has 7 heteroatoms. The molecule has 0 aliphatic rings. The number of ether oxygens (including phenoxy) is 1. The first-order valence-corrected chi connectivity index (χ1v) is 6.15. The fourth-order valence-electron chi connectivity index (χ4n) is 1.30. The Morgan fingerprint density at radius 2 is 2.33 bits per heavy atom. The zero-order valence-electron chi connectivity index (χ0n) is 9.66. The van der Waals surface area contributed by atoms with Gasteiger partial charge in [-0.1, -0.05) is 6.92 Å². The van der Waals surface area contributed by atoms with Crippen molar-refractivity contribution in [1.82, 2.24) is 14.3 Å². The minimum Gasteiger partial charge on any atom is -0.478 e. The molecule has 2 heterocycles. The lowest BCUT2D eigenvalue weighted by atomic mass is 10.3. The first kappa shape index (κ1) is 12.4. The Hall–Kier alpha value is -2.02. The molecule has 0 amide bonds. The van der Waals surface area contributed by atoms with E-state index in [9.17, 15) is 4.79 Å². The van der Waals surface area contributed by atoms with E-state index < -0.39 is 5.97 Å². The van der Waals surface area contributed by atoms with Gasteiger partial charge in [-0.05, 0) is 12.5 Å². The number of aromatic carboxylic acids is 1. The standard InChI is InChI=1S/C11H11N3O3S/c1-2-3-9-13-11(18-14-9)17-8-4-7(10(15)16)5-12-6-8/h4-6H,2-3H2,1H3,(H,15,16). The Kier molecular flexibility index (Phi) is 3.83. The summed E-state index contributed by atoms with van der Waals surface area (Å²) in [6.07, 6.45) is 4.46. The molecule has 0 fully saturated rings. The Morgan fingerprint density at radius 1 is 1.50 bits per heavy atom. The highest BCUT2D eigenvalue weighted by Crippen LogP contribution is 2.23. The third kappa shape index (κ3) is 3.01. The fourth-order valence-corrected chi connectivity index (χ4v) is 1.89. The summed E-state index contributed by atoms with van der Waals surface area (Å²) in [7, 11) is 0. The Bertz CT molecular complexity index is 556. The van der Waals surface area contributed by atoms with Gasteiger partial charge in [0.05, 0.1) is 11.8 Å². The van der Waals surface area contributed by atoms with Crippen LogP contribution >= 0.6 is 11.5 Å². The van der Waals surface area contributed by atoms with Crippen LogP contribution < -0.4 is 4.74 Å². The summed E-state index contributed by atoms with van der Waals surface area (Å²) in [5, 5.41) is 9.22. The van der Waals surface area contributed by atoms with E-state index in [1.807, 2.05) is 6.92 Å². The monoisotopic (exact) mass is 265 g/mol. The molecule has 18 heavy (non-hydrogen) atoms. The average Bonchev–Trinajstić information content (AvgIpc) is 2.77. The van der Waals surface area contributed by atoms with Gasteiger partial charge in [-0.15, -0.1) is 0 Å². The lowest BCUT2D eigenvalue weighted by Gasteiger charge is -2.00. The van der Waals surface area contributed by atoms with Gasteiger partial charge in [0.15, 0.2) is 0 Å². The van der Waals surface area contributed by atoms with Crippen molar-refractivity contribution in [2.24, 2.45) is 0 Å². The smallest absolute Gasteiger partial charge is 0.337 e. The van der Waals surface area contributed by atoms with Gasteiger partial charge in [0, 0.05) is 24.2 Å². The number of pyridine rings is 1. The van der Waals surface area contributed by atoms with Gasteiger partial charge in [0.25, 0.3) is 5.19 Å². The molecule has 0 aliphatic heterocycles. The Morgan fingerprint density at radius 3 is 3.06 bits per heavy atom. The highest BCUT2D eigenvalue weighted by atomic mass is 32.1. The molecular formula is C11H11N3O3S. The summed E-state index contributed by atoms with van der Waals surface area (Å²) in [5.74, 6) is 0.0332. The number of aromatic nitrogens is 3. The Balaban J connectivity index is 2.12. The lowest BCUT2D eigenvalue weighted by Crippen LogP contribution is -1.97. The van der Waals surface area contributed by atoms with Crippen molar-refractivity contribution in [2.75, 3.05) is 0 Å². The summed E-state index contributed by atoms with van der Waals surface area (Å²) in [6.45, 7) is 2.04. The zero-order chi connectivity index (χ0) is 13.0.